The van der Waals surface area contributed by atoms with Crippen LogP contribution in [0.5, 0.6) is 0 Å². The molecule has 4 heteroatoms. The molecular weight excluding hydrogens is 304 g/mol. The zero-order chi connectivity index (χ0) is 18.5. The Balaban J connectivity index is 3.49. The van der Waals surface area contributed by atoms with Crippen LogP contribution >= 0.6 is 0 Å². The fourth-order valence-corrected chi connectivity index (χ4v) is 2.97. The van der Waals surface area contributed by atoms with E-state index in [0.29, 0.717) is 12.0 Å². The van der Waals surface area contributed by atoms with E-state index in [2.05, 4.69) is 27.7 Å². The van der Waals surface area contributed by atoms with E-state index in [-0.39, 0.29) is 11.8 Å². The molecule has 0 spiro atoms. The molecule has 0 aromatic heterocycles. The summed E-state index contributed by atoms with van der Waals surface area (Å²) < 4.78 is 5.71. The third kappa shape index (κ3) is 14.9. The minimum absolute atomic E-state index is 0.110. The third-order valence-electron chi connectivity index (χ3n) is 4.81. The minimum Gasteiger partial charge on any atom is -0.481 e. The second-order valence-electron chi connectivity index (χ2n) is 8.58. The highest BCUT2D eigenvalue weighted by Gasteiger charge is 2.18. The maximum atomic E-state index is 10.6. The van der Waals surface area contributed by atoms with Crippen molar-refractivity contribution in [2.24, 2.45) is 10.8 Å². The van der Waals surface area contributed by atoms with Crippen LogP contribution in [0.1, 0.15) is 91.9 Å². The molecule has 0 aliphatic rings. The van der Waals surface area contributed by atoms with E-state index < -0.39 is 5.97 Å². The first-order chi connectivity index (χ1) is 11.2. The van der Waals surface area contributed by atoms with Crippen molar-refractivity contribution in [3.8, 4) is 0 Å². The molecule has 0 unspecified atom stereocenters. The Morgan fingerprint density at radius 3 is 1.71 bits per heavy atom. The van der Waals surface area contributed by atoms with Gasteiger partial charge in [0.05, 0.1) is 0 Å². The van der Waals surface area contributed by atoms with Gasteiger partial charge in [-0.25, -0.2) is 0 Å². The average molecular weight is 345 g/mol. The molecule has 0 saturated heterocycles. The Hall–Kier alpha value is -0.610. The van der Waals surface area contributed by atoms with Crippen molar-refractivity contribution in [3.05, 3.63) is 0 Å². The number of aliphatic carboxylic acids is 1. The van der Waals surface area contributed by atoms with Gasteiger partial charge in [0.25, 0.3) is 0 Å². The Bertz CT molecular complexity index is 324. The maximum Gasteiger partial charge on any atom is 0.303 e. The largest absolute Gasteiger partial charge is 0.481 e. The number of carbonyl (C=O) groups is 1. The first kappa shape index (κ1) is 23.4. The monoisotopic (exact) mass is 344 g/mol. The summed E-state index contributed by atoms with van der Waals surface area (Å²) in [6.07, 6.45) is 9.67. The summed E-state index contributed by atoms with van der Waals surface area (Å²) in [4.78, 5) is 10.6. The van der Waals surface area contributed by atoms with Crippen LogP contribution in [0.25, 0.3) is 0 Å². The van der Waals surface area contributed by atoms with Crippen molar-refractivity contribution in [1.82, 2.24) is 0 Å². The van der Waals surface area contributed by atoms with Crippen molar-refractivity contribution < 1.29 is 19.7 Å². The van der Waals surface area contributed by atoms with Crippen LogP contribution in [0.15, 0.2) is 0 Å². The number of carboxylic acids is 1. The molecule has 24 heavy (non-hydrogen) atoms. The lowest BCUT2D eigenvalue weighted by Gasteiger charge is -2.24. The fraction of sp³-hybridized carbons (Fsp3) is 0.950. The summed E-state index contributed by atoms with van der Waals surface area (Å²) in [7, 11) is 0. The first-order valence-electron chi connectivity index (χ1n) is 9.59. The van der Waals surface area contributed by atoms with E-state index in [4.69, 9.17) is 14.9 Å². The number of carboxylic acid groups (broad SMARTS) is 1. The van der Waals surface area contributed by atoms with Crippen LogP contribution in [-0.4, -0.2) is 36.0 Å². The molecule has 0 bridgehead atoms. The smallest absolute Gasteiger partial charge is 0.303 e. The maximum absolute atomic E-state index is 10.6. The molecule has 0 aliphatic carbocycles. The highest BCUT2D eigenvalue weighted by molar-refractivity contribution is 5.66. The summed E-state index contributed by atoms with van der Waals surface area (Å²) in [5.41, 5.74) is 0.433. The van der Waals surface area contributed by atoms with Crippen LogP contribution < -0.4 is 0 Å². The highest BCUT2D eigenvalue weighted by Crippen LogP contribution is 2.29. The second-order valence-corrected chi connectivity index (χ2v) is 8.58. The molecule has 0 aromatic carbocycles. The van der Waals surface area contributed by atoms with Gasteiger partial charge >= 0.3 is 5.97 Å². The Kier molecular flexibility index (Phi) is 12.4. The van der Waals surface area contributed by atoms with Crippen LogP contribution in [-0.2, 0) is 9.53 Å². The van der Waals surface area contributed by atoms with Crippen molar-refractivity contribution in [1.29, 1.82) is 0 Å². The van der Waals surface area contributed by atoms with E-state index in [9.17, 15) is 4.79 Å². The van der Waals surface area contributed by atoms with E-state index in [1.807, 2.05) is 0 Å². The quantitative estimate of drug-likeness (QED) is 0.385. The molecule has 4 nitrogen and oxygen atoms in total. The lowest BCUT2D eigenvalue weighted by Crippen LogP contribution is -2.14. The SMILES string of the molecule is CC(C)(CCCO)CCCCOCCCCC(C)(C)CCC(=O)O. The molecule has 0 aromatic rings. The molecule has 0 aliphatic heterocycles. The Morgan fingerprint density at radius 1 is 0.792 bits per heavy atom. The summed E-state index contributed by atoms with van der Waals surface area (Å²) in [6, 6.07) is 0. The number of aliphatic hydroxyl groups is 1. The van der Waals surface area contributed by atoms with E-state index in [1.54, 1.807) is 0 Å². The molecule has 0 amide bonds. The molecule has 0 radical (unpaired) electrons. The van der Waals surface area contributed by atoms with Gasteiger partial charge in [0, 0.05) is 26.2 Å². The third-order valence-corrected chi connectivity index (χ3v) is 4.81. The van der Waals surface area contributed by atoms with Crippen LogP contribution in [0, 0.1) is 10.8 Å². The van der Waals surface area contributed by atoms with Crippen molar-refractivity contribution in [2.75, 3.05) is 19.8 Å². The zero-order valence-corrected chi connectivity index (χ0v) is 16.4. The number of hydrogen-bond acceptors (Lipinski definition) is 3. The molecule has 0 atom stereocenters. The summed E-state index contributed by atoms with van der Waals surface area (Å²) in [5, 5.41) is 17.7. The predicted molar refractivity (Wildman–Crippen MR) is 99.3 cm³/mol. The van der Waals surface area contributed by atoms with Crippen LogP contribution in [0.2, 0.25) is 0 Å². The van der Waals surface area contributed by atoms with Gasteiger partial charge in [-0.3, -0.25) is 4.79 Å². The molecule has 144 valence electrons. The summed E-state index contributed by atoms with van der Waals surface area (Å²) in [5.74, 6) is -0.703. The van der Waals surface area contributed by atoms with Gasteiger partial charge in [0.15, 0.2) is 0 Å². The van der Waals surface area contributed by atoms with Gasteiger partial charge < -0.3 is 14.9 Å². The molecular formula is C20H40O4. The summed E-state index contributed by atoms with van der Waals surface area (Å²) in [6.45, 7) is 10.8. The average Bonchev–Trinajstić information content (AvgIpc) is 2.49. The van der Waals surface area contributed by atoms with Crippen molar-refractivity contribution >= 4 is 5.97 Å². The highest BCUT2D eigenvalue weighted by atomic mass is 16.5. The lowest BCUT2D eigenvalue weighted by molar-refractivity contribution is -0.137. The zero-order valence-electron chi connectivity index (χ0n) is 16.4. The summed E-state index contributed by atoms with van der Waals surface area (Å²) >= 11 is 0. The van der Waals surface area contributed by atoms with E-state index in [0.717, 1.165) is 58.2 Å². The van der Waals surface area contributed by atoms with Gasteiger partial charge in [-0.2, -0.15) is 0 Å². The number of rotatable bonds is 16. The topological polar surface area (TPSA) is 66.8 Å². The van der Waals surface area contributed by atoms with E-state index in [1.165, 1.54) is 12.8 Å². The standard InChI is InChI=1S/C20H40O4/c1-19(2,13-9-15-21)11-5-7-16-24-17-8-6-12-20(3,4)14-10-18(22)23/h21H,5-17H2,1-4H3,(H,22,23). The van der Waals surface area contributed by atoms with E-state index >= 15 is 0 Å². The lowest BCUT2D eigenvalue weighted by atomic mass is 9.83. The Labute approximate surface area is 149 Å². The minimum atomic E-state index is -0.703. The van der Waals surface area contributed by atoms with Gasteiger partial charge in [-0.15, -0.1) is 0 Å². The number of aliphatic hydroxyl groups excluding tert-OH is 1. The number of ether oxygens (including phenoxy) is 1. The normalized spacial score (nSPS) is 12.5. The van der Waals surface area contributed by atoms with Gasteiger partial charge in [-0.1, -0.05) is 40.5 Å². The Morgan fingerprint density at radius 2 is 1.25 bits per heavy atom. The first-order valence-corrected chi connectivity index (χ1v) is 9.59. The second kappa shape index (κ2) is 12.7. The van der Waals surface area contributed by atoms with Gasteiger partial charge in [-0.05, 0) is 55.8 Å². The molecule has 0 fully saturated rings. The van der Waals surface area contributed by atoms with Crippen molar-refractivity contribution in [2.45, 2.75) is 91.9 Å². The fourth-order valence-electron chi connectivity index (χ4n) is 2.97. The number of unbranched alkanes of at least 4 members (excludes halogenated alkanes) is 2. The van der Waals surface area contributed by atoms with Crippen LogP contribution in [0.4, 0.5) is 0 Å². The molecule has 0 saturated carbocycles. The van der Waals surface area contributed by atoms with Crippen LogP contribution in [0.3, 0.4) is 0 Å². The van der Waals surface area contributed by atoms with Gasteiger partial charge in [0.1, 0.15) is 0 Å². The number of hydrogen-bond donors (Lipinski definition) is 2. The molecule has 0 heterocycles. The molecule has 0 rings (SSSR count). The molecule has 2 N–H and O–H groups in total. The predicted octanol–water partition coefficient (Wildman–Crippen LogP) is 5.03. The van der Waals surface area contributed by atoms with Gasteiger partial charge in [0.2, 0.25) is 0 Å². The van der Waals surface area contributed by atoms with Crippen molar-refractivity contribution in [3.63, 3.8) is 0 Å².